The SMILES string of the molecule is COc1ccc(C(=O)N(CCC(C)C)CC(=O)Nc2ccon2)c(OC)c1. The standard InChI is InChI=1S/C19H25N3O5/c1-13(2)7-9-22(12-18(23)20-17-8-10-27-21-17)19(24)15-6-5-14(25-3)11-16(15)26-4/h5-6,8,10-11,13H,7,9,12H2,1-4H3,(H,20,21,23). The van der Waals surface area contributed by atoms with Crippen LogP contribution in [0.3, 0.4) is 0 Å². The highest BCUT2D eigenvalue weighted by Gasteiger charge is 2.23. The minimum Gasteiger partial charge on any atom is -0.497 e. The highest BCUT2D eigenvalue weighted by atomic mass is 16.5. The number of rotatable bonds is 9. The van der Waals surface area contributed by atoms with Gasteiger partial charge < -0.3 is 24.2 Å². The number of carbonyl (C=O) groups is 2. The van der Waals surface area contributed by atoms with Gasteiger partial charge in [-0.2, -0.15) is 0 Å². The molecule has 2 amide bonds. The third-order valence-electron chi connectivity index (χ3n) is 3.94. The Labute approximate surface area is 158 Å². The molecule has 0 spiro atoms. The van der Waals surface area contributed by atoms with E-state index in [1.165, 1.54) is 24.3 Å². The van der Waals surface area contributed by atoms with Gasteiger partial charge in [0.2, 0.25) is 5.91 Å². The van der Waals surface area contributed by atoms with E-state index in [1.54, 1.807) is 25.3 Å². The molecular formula is C19H25N3O5. The maximum absolute atomic E-state index is 13.1. The largest absolute Gasteiger partial charge is 0.497 e. The zero-order valence-corrected chi connectivity index (χ0v) is 16.0. The molecule has 2 rings (SSSR count). The molecule has 1 aromatic carbocycles. The Kier molecular flexibility index (Phi) is 7.22. The maximum Gasteiger partial charge on any atom is 0.258 e. The van der Waals surface area contributed by atoms with Crippen LogP contribution in [-0.4, -0.2) is 49.2 Å². The van der Waals surface area contributed by atoms with Crippen molar-refractivity contribution < 1.29 is 23.6 Å². The van der Waals surface area contributed by atoms with Crippen LogP contribution in [0.1, 0.15) is 30.6 Å². The second kappa shape index (κ2) is 9.61. The number of ether oxygens (including phenoxy) is 2. The fourth-order valence-electron chi connectivity index (χ4n) is 2.44. The monoisotopic (exact) mass is 375 g/mol. The minimum absolute atomic E-state index is 0.104. The van der Waals surface area contributed by atoms with Gasteiger partial charge in [0, 0.05) is 18.7 Å². The average Bonchev–Trinajstić information content (AvgIpc) is 3.16. The first-order chi connectivity index (χ1) is 12.9. The van der Waals surface area contributed by atoms with Gasteiger partial charge in [-0.1, -0.05) is 19.0 Å². The van der Waals surface area contributed by atoms with Crippen molar-refractivity contribution in [2.24, 2.45) is 5.92 Å². The van der Waals surface area contributed by atoms with Crippen molar-refractivity contribution in [1.29, 1.82) is 0 Å². The Hall–Kier alpha value is -3.03. The number of amides is 2. The third kappa shape index (κ3) is 5.73. The molecule has 2 aromatic rings. The molecule has 0 bridgehead atoms. The van der Waals surface area contributed by atoms with Crippen molar-refractivity contribution in [3.63, 3.8) is 0 Å². The topological polar surface area (TPSA) is 93.9 Å². The number of nitrogens with zero attached hydrogens (tertiary/aromatic N) is 2. The summed E-state index contributed by atoms with van der Waals surface area (Å²) in [5.41, 5.74) is 0.372. The van der Waals surface area contributed by atoms with Crippen LogP contribution < -0.4 is 14.8 Å². The molecule has 0 fully saturated rings. The number of hydrogen-bond acceptors (Lipinski definition) is 6. The lowest BCUT2D eigenvalue weighted by atomic mass is 10.1. The first-order valence-corrected chi connectivity index (χ1v) is 8.66. The first kappa shape index (κ1) is 20.3. The van der Waals surface area contributed by atoms with Gasteiger partial charge in [-0.3, -0.25) is 9.59 Å². The molecule has 0 unspecified atom stereocenters. The Balaban J connectivity index is 2.19. The van der Waals surface area contributed by atoms with Crippen molar-refractivity contribution in [3.05, 3.63) is 36.1 Å². The molecule has 8 heteroatoms. The summed E-state index contributed by atoms with van der Waals surface area (Å²) in [5, 5.41) is 6.25. The Morgan fingerprint density at radius 1 is 1.22 bits per heavy atom. The van der Waals surface area contributed by atoms with Crippen LogP contribution >= 0.6 is 0 Å². The molecule has 0 radical (unpaired) electrons. The van der Waals surface area contributed by atoms with Crippen LogP contribution in [0.25, 0.3) is 0 Å². The van der Waals surface area contributed by atoms with E-state index < -0.39 is 0 Å². The normalized spacial score (nSPS) is 10.6. The van der Waals surface area contributed by atoms with Crippen LogP contribution in [0.4, 0.5) is 5.82 Å². The van der Waals surface area contributed by atoms with E-state index in [9.17, 15) is 9.59 Å². The predicted octanol–water partition coefficient (Wildman–Crippen LogP) is 2.82. The molecule has 0 aliphatic rings. The number of carbonyl (C=O) groups excluding carboxylic acids is 2. The summed E-state index contributed by atoms with van der Waals surface area (Å²) in [4.78, 5) is 26.9. The Morgan fingerprint density at radius 2 is 2.00 bits per heavy atom. The lowest BCUT2D eigenvalue weighted by Crippen LogP contribution is -2.39. The smallest absolute Gasteiger partial charge is 0.258 e. The van der Waals surface area contributed by atoms with Crippen LogP contribution in [0.2, 0.25) is 0 Å². The maximum atomic E-state index is 13.1. The van der Waals surface area contributed by atoms with Gasteiger partial charge >= 0.3 is 0 Å². The van der Waals surface area contributed by atoms with Gasteiger partial charge in [0.05, 0.1) is 19.8 Å². The van der Waals surface area contributed by atoms with E-state index in [-0.39, 0.29) is 18.4 Å². The van der Waals surface area contributed by atoms with E-state index in [2.05, 4.69) is 24.3 Å². The molecule has 0 saturated carbocycles. The minimum atomic E-state index is -0.353. The van der Waals surface area contributed by atoms with Crippen LogP contribution in [0, 0.1) is 5.92 Å². The van der Waals surface area contributed by atoms with Gasteiger partial charge in [-0.05, 0) is 24.5 Å². The van der Waals surface area contributed by atoms with Crippen molar-refractivity contribution >= 4 is 17.6 Å². The van der Waals surface area contributed by atoms with Crippen molar-refractivity contribution in [2.75, 3.05) is 32.6 Å². The fourth-order valence-corrected chi connectivity index (χ4v) is 2.44. The number of nitrogens with one attached hydrogen (secondary N) is 1. The van der Waals surface area contributed by atoms with Crippen LogP contribution in [0.15, 0.2) is 35.1 Å². The zero-order chi connectivity index (χ0) is 19.8. The summed E-state index contributed by atoms with van der Waals surface area (Å²) in [6.07, 6.45) is 2.13. The lowest BCUT2D eigenvalue weighted by Gasteiger charge is -2.24. The van der Waals surface area contributed by atoms with Gasteiger partial charge in [-0.25, -0.2) is 0 Å². The molecule has 27 heavy (non-hydrogen) atoms. The molecule has 0 saturated heterocycles. The van der Waals surface area contributed by atoms with Crippen molar-refractivity contribution in [2.45, 2.75) is 20.3 Å². The van der Waals surface area contributed by atoms with E-state index in [0.29, 0.717) is 35.3 Å². The molecule has 1 N–H and O–H groups in total. The number of anilines is 1. The average molecular weight is 375 g/mol. The van der Waals surface area contributed by atoms with E-state index >= 15 is 0 Å². The van der Waals surface area contributed by atoms with Crippen molar-refractivity contribution in [1.82, 2.24) is 10.1 Å². The molecule has 0 aliphatic heterocycles. The molecule has 0 atom stereocenters. The molecule has 8 nitrogen and oxygen atoms in total. The summed E-state index contributed by atoms with van der Waals surface area (Å²) < 4.78 is 15.2. The van der Waals surface area contributed by atoms with E-state index in [1.807, 2.05) is 0 Å². The van der Waals surface area contributed by atoms with Gasteiger partial charge in [0.25, 0.3) is 5.91 Å². The molecule has 1 heterocycles. The van der Waals surface area contributed by atoms with Gasteiger partial charge in [-0.15, -0.1) is 0 Å². The third-order valence-corrected chi connectivity index (χ3v) is 3.94. The zero-order valence-electron chi connectivity index (χ0n) is 16.0. The van der Waals surface area contributed by atoms with Gasteiger partial charge in [0.15, 0.2) is 5.82 Å². The molecule has 0 aliphatic carbocycles. The summed E-state index contributed by atoms with van der Waals surface area (Å²) in [7, 11) is 3.03. The Morgan fingerprint density at radius 3 is 2.59 bits per heavy atom. The lowest BCUT2D eigenvalue weighted by molar-refractivity contribution is -0.117. The fraction of sp³-hybridized carbons (Fsp3) is 0.421. The molecule has 146 valence electrons. The summed E-state index contributed by atoms with van der Waals surface area (Å²) >= 11 is 0. The molecule has 1 aromatic heterocycles. The van der Waals surface area contributed by atoms with Gasteiger partial charge in [0.1, 0.15) is 24.3 Å². The van der Waals surface area contributed by atoms with E-state index in [4.69, 9.17) is 14.0 Å². The quantitative estimate of drug-likeness (QED) is 0.724. The Bertz CT molecular complexity index is 759. The number of aromatic nitrogens is 1. The van der Waals surface area contributed by atoms with Crippen molar-refractivity contribution in [3.8, 4) is 11.5 Å². The highest BCUT2D eigenvalue weighted by molar-refractivity contribution is 6.00. The molecular weight excluding hydrogens is 350 g/mol. The number of benzene rings is 1. The second-order valence-corrected chi connectivity index (χ2v) is 6.41. The van der Waals surface area contributed by atoms with Crippen LogP contribution in [-0.2, 0) is 4.79 Å². The number of methoxy groups -OCH3 is 2. The van der Waals surface area contributed by atoms with E-state index in [0.717, 1.165) is 6.42 Å². The summed E-state index contributed by atoms with van der Waals surface area (Å²) in [6, 6.07) is 6.50. The second-order valence-electron chi connectivity index (χ2n) is 6.41. The summed E-state index contributed by atoms with van der Waals surface area (Å²) in [5.74, 6) is 1.03. The summed E-state index contributed by atoms with van der Waals surface area (Å²) in [6.45, 7) is 4.46. The van der Waals surface area contributed by atoms with Crippen LogP contribution in [0.5, 0.6) is 11.5 Å². The highest BCUT2D eigenvalue weighted by Crippen LogP contribution is 2.26. The first-order valence-electron chi connectivity index (χ1n) is 8.66. The number of hydrogen-bond donors (Lipinski definition) is 1. The predicted molar refractivity (Wildman–Crippen MR) is 100 cm³/mol.